The summed E-state index contributed by atoms with van der Waals surface area (Å²) in [5, 5.41) is 0. The van der Waals surface area contributed by atoms with Crippen LogP contribution >= 0.6 is 0 Å². The highest BCUT2D eigenvalue weighted by Crippen LogP contribution is 2.38. The summed E-state index contributed by atoms with van der Waals surface area (Å²) in [4.78, 5) is 18.7. The Morgan fingerprint density at radius 1 is 1.11 bits per heavy atom. The number of aromatic amines is 1. The lowest BCUT2D eigenvalue weighted by atomic mass is 10.0. The molecule has 0 saturated carbocycles. The number of benzene rings is 1. The van der Waals surface area contributed by atoms with E-state index in [2.05, 4.69) is 9.88 Å². The molecular weight excluding hydrogens is 352 g/mol. The molecule has 1 aromatic carbocycles. The minimum Gasteiger partial charge on any atom is -0.378 e. The van der Waals surface area contributed by atoms with Gasteiger partial charge in [-0.1, -0.05) is 30.3 Å². The van der Waals surface area contributed by atoms with Crippen LogP contribution in [-0.2, 0) is 11.2 Å². The van der Waals surface area contributed by atoms with Crippen molar-refractivity contribution in [3.05, 3.63) is 58.4 Å². The summed E-state index contributed by atoms with van der Waals surface area (Å²) < 4.78 is 34.6. The molecule has 27 heavy (non-hydrogen) atoms. The largest absolute Gasteiger partial charge is 0.378 e. The van der Waals surface area contributed by atoms with Gasteiger partial charge in [-0.3, -0.25) is 4.79 Å². The van der Waals surface area contributed by atoms with Crippen LogP contribution < -0.4 is 15.4 Å². The maximum atomic E-state index is 14.6. The molecule has 1 aromatic heterocycles. The fourth-order valence-electron chi connectivity index (χ4n) is 3.88. The third-order valence-corrected chi connectivity index (χ3v) is 5.32. The van der Waals surface area contributed by atoms with E-state index in [9.17, 15) is 13.6 Å². The van der Waals surface area contributed by atoms with E-state index < -0.39 is 12.0 Å². The molecule has 1 unspecified atom stereocenters. The van der Waals surface area contributed by atoms with Crippen LogP contribution in [-0.4, -0.2) is 49.8 Å². The van der Waals surface area contributed by atoms with Crippen molar-refractivity contribution in [3.63, 3.8) is 0 Å². The minimum atomic E-state index is -2.80. The maximum Gasteiger partial charge on any atom is 0.270 e. The molecule has 144 valence electrons. The smallest absolute Gasteiger partial charge is 0.270 e. The average Bonchev–Trinajstić information content (AvgIpc) is 2.97. The second-order valence-corrected chi connectivity index (χ2v) is 7.10. The standard InChI is InChI=1S/C20H23F2N3O2/c21-20(22)6-7-25(17(20)12-15-4-2-1-3-5-15)18-13-16(14-19(26)23-18)24-8-10-27-11-9-24/h1-5,13-14,17H,6-12H2,(H,23,26). The Morgan fingerprint density at radius 3 is 2.59 bits per heavy atom. The van der Waals surface area contributed by atoms with Crippen molar-refractivity contribution < 1.29 is 13.5 Å². The van der Waals surface area contributed by atoms with Gasteiger partial charge in [0.2, 0.25) is 0 Å². The van der Waals surface area contributed by atoms with E-state index >= 15 is 0 Å². The molecule has 2 aromatic rings. The Morgan fingerprint density at radius 2 is 1.85 bits per heavy atom. The molecule has 4 rings (SSSR count). The van der Waals surface area contributed by atoms with E-state index in [1.54, 1.807) is 4.90 Å². The second kappa shape index (κ2) is 7.31. The van der Waals surface area contributed by atoms with E-state index in [0.717, 1.165) is 11.3 Å². The molecule has 2 aliphatic rings. The zero-order valence-corrected chi connectivity index (χ0v) is 15.0. The number of halogens is 2. The van der Waals surface area contributed by atoms with E-state index in [1.807, 2.05) is 36.4 Å². The fraction of sp³-hybridized carbons (Fsp3) is 0.450. The number of rotatable bonds is 4. The lowest BCUT2D eigenvalue weighted by Gasteiger charge is -2.32. The molecule has 5 nitrogen and oxygen atoms in total. The topological polar surface area (TPSA) is 48.6 Å². The quantitative estimate of drug-likeness (QED) is 0.893. The number of anilines is 2. The van der Waals surface area contributed by atoms with E-state index in [1.165, 1.54) is 6.07 Å². The molecule has 2 saturated heterocycles. The normalized spacial score (nSPS) is 22.2. The molecule has 0 radical (unpaired) electrons. The zero-order chi connectivity index (χ0) is 18.9. The number of hydrogen-bond donors (Lipinski definition) is 1. The first-order valence-corrected chi connectivity index (χ1v) is 9.28. The van der Waals surface area contributed by atoms with Gasteiger partial charge in [-0.15, -0.1) is 0 Å². The van der Waals surface area contributed by atoms with Gasteiger partial charge in [-0.25, -0.2) is 8.78 Å². The highest BCUT2D eigenvalue weighted by atomic mass is 19.3. The van der Waals surface area contributed by atoms with Crippen molar-refractivity contribution in [3.8, 4) is 0 Å². The molecule has 1 N–H and O–H groups in total. The first kappa shape index (κ1) is 18.0. The molecule has 0 amide bonds. The summed E-state index contributed by atoms with van der Waals surface area (Å²) >= 11 is 0. The number of ether oxygens (including phenoxy) is 1. The predicted octanol–water partition coefficient (Wildman–Crippen LogP) is 2.67. The minimum absolute atomic E-state index is 0.214. The molecule has 2 aliphatic heterocycles. The van der Waals surface area contributed by atoms with Gasteiger partial charge >= 0.3 is 0 Å². The molecule has 0 aliphatic carbocycles. The molecule has 2 fully saturated rings. The van der Waals surface area contributed by atoms with Crippen molar-refractivity contribution >= 4 is 11.5 Å². The van der Waals surface area contributed by atoms with E-state index in [-0.39, 0.29) is 24.9 Å². The number of alkyl halides is 2. The summed E-state index contributed by atoms with van der Waals surface area (Å²) in [6.45, 7) is 2.78. The van der Waals surface area contributed by atoms with Crippen LogP contribution in [0.4, 0.5) is 20.3 Å². The van der Waals surface area contributed by atoms with Crippen LogP contribution in [0.25, 0.3) is 0 Å². The first-order chi connectivity index (χ1) is 13.0. The Balaban J connectivity index is 1.64. The predicted molar refractivity (Wildman–Crippen MR) is 101 cm³/mol. The molecule has 1 atom stereocenters. The van der Waals surface area contributed by atoms with Gasteiger partial charge in [0.15, 0.2) is 0 Å². The van der Waals surface area contributed by atoms with Crippen molar-refractivity contribution in [2.45, 2.75) is 24.8 Å². The summed E-state index contributed by atoms with van der Waals surface area (Å²) in [5.41, 5.74) is 1.34. The van der Waals surface area contributed by atoms with Gasteiger partial charge in [0.25, 0.3) is 11.5 Å². The molecule has 0 spiro atoms. The Bertz CT molecular complexity index is 835. The van der Waals surface area contributed by atoms with Gasteiger partial charge in [0.1, 0.15) is 5.82 Å². The van der Waals surface area contributed by atoms with E-state index in [4.69, 9.17) is 4.74 Å². The van der Waals surface area contributed by atoms with Crippen LogP contribution in [0.15, 0.2) is 47.3 Å². The Hall–Kier alpha value is -2.41. The number of morpholine rings is 1. The number of hydrogen-bond acceptors (Lipinski definition) is 4. The molecular formula is C20H23F2N3O2. The number of aromatic nitrogens is 1. The number of nitrogens with one attached hydrogen (secondary N) is 1. The summed E-state index contributed by atoms with van der Waals surface area (Å²) in [7, 11) is 0. The van der Waals surface area contributed by atoms with Crippen molar-refractivity contribution in [1.29, 1.82) is 0 Å². The lowest BCUT2D eigenvalue weighted by Crippen LogP contribution is -2.42. The fourth-order valence-corrected chi connectivity index (χ4v) is 3.88. The van der Waals surface area contributed by atoms with Gasteiger partial charge < -0.3 is 19.5 Å². The third kappa shape index (κ3) is 3.83. The summed E-state index contributed by atoms with van der Waals surface area (Å²) in [6, 6.07) is 11.7. The Labute approximate surface area is 156 Å². The van der Waals surface area contributed by atoms with Crippen molar-refractivity contribution in [1.82, 2.24) is 4.98 Å². The number of pyridine rings is 1. The van der Waals surface area contributed by atoms with Crippen LogP contribution in [0.5, 0.6) is 0 Å². The second-order valence-electron chi connectivity index (χ2n) is 7.10. The van der Waals surface area contributed by atoms with Crippen molar-refractivity contribution in [2.24, 2.45) is 0 Å². The van der Waals surface area contributed by atoms with Gasteiger partial charge in [0.05, 0.1) is 19.3 Å². The lowest BCUT2D eigenvalue weighted by molar-refractivity contribution is -0.00681. The molecule has 0 bridgehead atoms. The summed E-state index contributed by atoms with van der Waals surface area (Å²) in [5.74, 6) is -2.34. The van der Waals surface area contributed by atoms with Crippen LogP contribution in [0.1, 0.15) is 12.0 Å². The highest BCUT2D eigenvalue weighted by molar-refractivity contribution is 5.56. The summed E-state index contributed by atoms with van der Waals surface area (Å²) in [6.07, 6.45) is 0.0198. The van der Waals surface area contributed by atoms with Crippen LogP contribution in [0.3, 0.4) is 0 Å². The van der Waals surface area contributed by atoms with Crippen LogP contribution in [0, 0.1) is 0 Å². The van der Waals surface area contributed by atoms with Gasteiger partial charge in [-0.2, -0.15) is 0 Å². The monoisotopic (exact) mass is 375 g/mol. The first-order valence-electron chi connectivity index (χ1n) is 9.28. The van der Waals surface area contributed by atoms with E-state index in [0.29, 0.717) is 32.1 Å². The third-order valence-electron chi connectivity index (χ3n) is 5.32. The Kier molecular flexibility index (Phi) is 4.86. The molecule has 7 heteroatoms. The maximum absolute atomic E-state index is 14.6. The number of nitrogens with zero attached hydrogens (tertiary/aromatic N) is 2. The SMILES string of the molecule is O=c1cc(N2CCOCC2)cc(N2CCC(F)(F)C2Cc2ccccc2)[nH]1. The zero-order valence-electron chi connectivity index (χ0n) is 15.0. The van der Waals surface area contributed by atoms with Crippen LogP contribution in [0.2, 0.25) is 0 Å². The molecule has 3 heterocycles. The highest BCUT2D eigenvalue weighted by Gasteiger charge is 2.49. The van der Waals surface area contributed by atoms with Crippen molar-refractivity contribution in [2.75, 3.05) is 42.6 Å². The average molecular weight is 375 g/mol. The number of H-pyrrole nitrogens is 1. The van der Waals surface area contributed by atoms with Gasteiger partial charge in [0, 0.05) is 43.9 Å². The van der Waals surface area contributed by atoms with Gasteiger partial charge in [-0.05, 0) is 12.0 Å².